The Kier molecular flexibility index (Phi) is 7.17. The van der Waals surface area contributed by atoms with Gasteiger partial charge < -0.3 is 14.2 Å². The van der Waals surface area contributed by atoms with E-state index in [0.29, 0.717) is 36.6 Å². The second-order valence-electron chi connectivity index (χ2n) is 4.08. The van der Waals surface area contributed by atoms with E-state index in [1.165, 1.54) is 0 Å². The monoisotopic (exact) mass is 280 g/mol. The van der Waals surface area contributed by atoms with E-state index in [1.54, 1.807) is 25.1 Å². The molecule has 0 radical (unpaired) electrons. The summed E-state index contributed by atoms with van der Waals surface area (Å²) in [6.45, 7) is 4.38. The number of carbonyl (C=O) groups excluding carboxylic acids is 2. The molecule has 0 aliphatic rings. The quantitative estimate of drug-likeness (QED) is 0.395. The highest BCUT2D eigenvalue weighted by Gasteiger charge is 2.12. The number of rotatable bonds is 9. The summed E-state index contributed by atoms with van der Waals surface area (Å²) in [4.78, 5) is 22.4. The zero-order chi connectivity index (χ0) is 14.8. The molecule has 5 nitrogen and oxygen atoms in total. The Hall–Kier alpha value is -2.04. The Morgan fingerprint density at radius 1 is 1.20 bits per heavy atom. The first-order valence-electron chi connectivity index (χ1n) is 6.72. The fraction of sp³-hybridized carbons (Fsp3) is 0.467. The maximum atomic E-state index is 11.2. The van der Waals surface area contributed by atoms with Crippen molar-refractivity contribution in [3.8, 4) is 11.5 Å². The van der Waals surface area contributed by atoms with Crippen molar-refractivity contribution < 1.29 is 23.8 Å². The zero-order valence-corrected chi connectivity index (χ0v) is 11.9. The van der Waals surface area contributed by atoms with Crippen molar-refractivity contribution in [2.75, 3.05) is 19.8 Å². The molecule has 0 atom stereocenters. The van der Waals surface area contributed by atoms with E-state index in [9.17, 15) is 9.59 Å². The summed E-state index contributed by atoms with van der Waals surface area (Å²) in [5.41, 5.74) is 0.313. The maximum absolute atomic E-state index is 11.2. The lowest BCUT2D eigenvalue weighted by Crippen LogP contribution is -2.15. The average molecular weight is 280 g/mol. The molecule has 0 N–H and O–H groups in total. The van der Waals surface area contributed by atoms with Gasteiger partial charge in [0.2, 0.25) is 0 Å². The van der Waals surface area contributed by atoms with Crippen molar-refractivity contribution in [2.45, 2.75) is 26.7 Å². The molecule has 1 aromatic carbocycles. The predicted octanol–water partition coefficient (Wildman–Crippen LogP) is 2.62. The Balaban J connectivity index is 2.72. The van der Waals surface area contributed by atoms with Crippen LogP contribution in [0.15, 0.2) is 18.2 Å². The van der Waals surface area contributed by atoms with Gasteiger partial charge in [0.05, 0.1) is 18.8 Å². The molecule has 1 aromatic rings. The molecule has 0 aliphatic carbocycles. The van der Waals surface area contributed by atoms with Crippen LogP contribution in [-0.4, -0.2) is 32.1 Å². The van der Waals surface area contributed by atoms with Crippen LogP contribution >= 0.6 is 0 Å². The van der Waals surface area contributed by atoms with Crippen LogP contribution in [-0.2, 0) is 9.53 Å². The summed E-state index contributed by atoms with van der Waals surface area (Å²) >= 11 is 0. The van der Waals surface area contributed by atoms with Gasteiger partial charge in [-0.3, -0.25) is 4.79 Å². The molecule has 20 heavy (non-hydrogen) atoms. The Labute approximate surface area is 118 Å². The first-order chi connectivity index (χ1) is 9.72. The van der Waals surface area contributed by atoms with Crippen LogP contribution in [0.3, 0.4) is 0 Å². The molecule has 1 rings (SSSR count). The first-order valence-corrected chi connectivity index (χ1v) is 6.72. The fourth-order valence-electron chi connectivity index (χ4n) is 1.56. The van der Waals surface area contributed by atoms with E-state index in [-0.39, 0.29) is 6.61 Å². The largest absolute Gasteiger partial charge is 0.493 e. The highest BCUT2D eigenvalue weighted by atomic mass is 16.6. The number of hydrogen-bond donors (Lipinski definition) is 0. The van der Waals surface area contributed by atoms with Gasteiger partial charge in [-0.15, -0.1) is 0 Å². The Morgan fingerprint density at radius 2 is 1.90 bits per heavy atom. The lowest BCUT2D eigenvalue weighted by Gasteiger charge is -2.12. The minimum Gasteiger partial charge on any atom is -0.493 e. The van der Waals surface area contributed by atoms with Crippen LogP contribution in [0.25, 0.3) is 0 Å². The molecule has 0 aromatic heterocycles. The van der Waals surface area contributed by atoms with Crippen molar-refractivity contribution in [3.63, 3.8) is 0 Å². The third-order valence-corrected chi connectivity index (χ3v) is 2.55. The summed E-state index contributed by atoms with van der Waals surface area (Å²) < 4.78 is 15.6. The summed E-state index contributed by atoms with van der Waals surface area (Å²) in [5, 5.41) is 0. The third kappa shape index (κ3) is 4.91. The second kappa shape index (κ2) is 8.96. The van der Waals surface area contributed by atoms with Crippen LogP contribution < -0.4 is 9.47 Å². The van der Waals surface area contributed by atoms with Crippen molar-refractivity contribution in [3.05, 3.63) is 23.8 Å². The van der Waals surface area contributed by atoms with Crippen molar-refractivity contribution >= 4 is 12.3 Å². The lowest BCUT2D eigenvalue weighted by atomic mass is 10.2. The van der Waals surface area contributed by atoms with E-state index in [1.807, 2.05) is 0 Å². The predicted molar refractivity (Wildman–Crippen MR) is 74.4 cm³/mol. The minimum absolute atomic E-state index is 0.229. The van der Waals surface area contributed by atoms with Gasteiger partial charge in [0.1, 0.15) is 11.5 Å². The molecule has 110 valence electrons. The lowest BCUT2D eigenvalue weighted by molar-refractivity contribution is -0.145. The normalized spacial score (nSPS) is 9.90. The molecule has 0 heterocycles. The van der Waals surface area contributed by atoms with Crippen molar-refractivity contribution in [1.29, 1.82) is 0 Å². The van der Waals surface area contributed by atoms with Crippen LogP contribution in [0.1, 0.15) is 37.0 Å². The van der Waals surface area contributed by atoms with Gasteiger partial charge in [-0.25, -0.2) is 4.79 Å². The number of ether oxygens (including phenoxy) is 3. The SMILES string of the molecule is CCCCOc1cccc(OCC(=O)OCC)c1C=O. The third-order valence-electron chi connectivity index (χ3n) is 2.55. The number of esters is 1. The minimum atomic E-state index is -0.471. The number of benzene rings is 1. The number of carbonyl (C=O) groups is 2. The van der Waals surface area contributed by atoms with E-state index in [4.69, 9.17) is 14.2 Å². The van der Waals surface area contributed by atoms with E-state index < -0.39 is 5.97 Å². The summed E-state index contributed by atoms with van der Waals surface area (Å²) in [5.74, 6) is 0.318. The molecule has 0 amide bonds. The van der Waals surface area contributed by atoms with Crippen molar-refractivity contribution in [1.82, 2.24) is 0 Å². The van der Waals surface area contributed by atoms with Gasteiger partial charge in [0, 0.05) is 0 Å². The number of hydrogen-bond acceptors (Lipinski definition) is 5. The molecule has 0 bridgehead atoms. The molecule has 0 fully saturated rings. The Morgan fingerprint density at radius 3 is 2.50 bits per heavy atom. The molecule has 0 aliphatic heterocycles. The average Bonchev–Trinajstić information content (AvgIpc) is 2.45. The number of unbranched alkanes of at least 4 members (excludes halogenated alkanes) is 1. The molecule has 0 saturated heterocycles. The van der Waals surface area contributed by atoms with Gasteiger partial charge in [-0.2, -0.15) is 0 Å². The van der Waals surface area contributed by atoms with Crippen LogP contribution in [0, 0.1) is 0 Å². The summed E-state index contributed by atoms with van der Waals surface area (Å²) in [6, 6.07) is 5.04. The van der Waals surface area contributed by atoms with E-state index in [0.717, 1.165) is 12.8 Å². The number of aldehydes is 1. The topological polar surface area (TPSA) is 61.8 Å². The molecular weight excluding hydrogens is 260 g/mol. The standard InChI is InChI=1S/C15H20O5/c1-3-5-9-19-13-7-6-8-14(12(13)10-16)20-11-15(17)18-4-2/h6-8,10H,3-5,9,11H2,1-2H3. The molecule has 0 spiro atoms. The van der Waals surface area contributed by atoms with Gasteiger partial charge in [-0.05, 0) is 25.5 Å². The molecular formula is C15H20O5. The second-order valence-corrected chi connectivity index (χ2v) is 4.08. The van der Waals surface area contributed by atoms with Crippen molar-refractivity contribution in [2.24, 2.45) is 0 Å². The van der Waals surface area contributed by atoms with Gasteiger partial charge in [0.25, 0.3) is 0 Å². The van der Waals surface area contributed by atoms with Gasteiger partial charge in [0.15, 0.2) is 12.9 Å². The molecule has 5 heteroatoms. The van der Waals surface area contributed by atoms with Gasteiger partial charge >= 0.3 is 5.97 Å². The van der Waals surface area contributed by atoms with Gasteiger partial charge in [-0.1, -0.05) is 19.4 Å². The van der Waals surface area contributed by atoms with Crippen LogP contribution in [0.5, 0.6) is 11.5 Å². The van der Waals surface area contributed by atoms with E-state index in [2.05, 4.69) is 6.92 Å². The highest BCUT2D eigenvalue weighted by Crippen LogP contribution is 2.27. The fourth-order valence-corrected chi connectivity index (χ4v) is 1.56. The molecule has 0 saturated carbocycles. The zero-order valence-electron chi connectivity index (χ0n) is 11.9. The molecule has 0 unspecified atom stereocenters. The van der Waals surface area contributed by atoms with Crippen LogP contribution in [0.2, 0.25) is 0 Å². The first kappa shape index (κ1) is 16.0. The highest BCUT2D eigenvalue weighted by molar-refractivity contribution is 5.84. The summed E-state index contributed by atoms with van der Waals surface area (Å²) in [7, 11) is 0. The Bertz CT molecular complexity index is 442. The van der Waals surface area contributed by atoms with E-state index >= 15 is 0 Å². The smallest absolute Gasteiger partial charge is 0.344 e. The maximum Gasteiger partial charge on any atom is 0.344 e. The van der Waals surface area contributed by atoms with Crippen LogP contribution in [0.4, 0.5) is 0 Å². The summed E-state index contributed by atoms with van der Waals surface area (Å²) in [6.07, 6.45) is 2.59.